The molecule has 0 fully saturated rings. The lowest BCUT2D eigenvalue weighted by atomic mass is 10.0. The van der Waals surface area contributed by atoms with Crippen molar-refractivity contribution >= 4 is 17.4 Å². The second kappa shape index (κ2) is 5.08. The van der Waals surface area contributed by atoms with Gasteiger partial charge in [-0.05, 0) is 25.5 Å². The van der Waals surface area contributed by atoms with Crippen molar-refractivity contribution in [1.82, 2.24) is 0 Å². The highest BCUT2D eigenvalue weighted by atomic mass is 16.5. The van der Waals surface area contributed by atoms with Crippen LogP contribution in [0.3, 0.4) is 0 Å². The summed E-state index contributed by atoms with van der Waals surface area (Å²) in [6.45, 7) is 4.77. The monoisotopic (exact) mass is 249 g/mol. The fourth-order valence-corrected chi connectivity index (χ4v) is 1.85. The second-order valence-electron chi connectivity index (χ2n) is 3.88. The first kappa shape index (κ1) is 12.4. The third-order valence-electron chi connectivity index (χ3n) is 2.62. The number of anilines is 1. The highest BCUT2D eigenvalue weighted by Crippen LogP contribution is 2.35. The first-order valence-electron chi connectivity index (χ1n) is 5.92. The Morgan fingerprint density at radius 2 is 1.72 bits per heavy atom. The van der Waals surface area contributed by atoms with Crippen LogP contribution >= 0.6 is 0 Å². The fourth-order valence-electron chi connectivity index (χ4n) is 1.85. The first-order chi connectivity index (χ1) is 8.65. The van der Waals surface area contributed by atoms with Crippen LogP contribution in [0.5, 0.6) is 11.5 Å². The van der Waals surface area contributed by atoms with Crippen molar-refractivity contribution in [2.24, 2.45) is 0 Å². The molecule has 1 aliphatic heterocycles. The second-order valence-corrected chi connectivity index (χ2v) is 3.88. The molecule has 1 aliphatic rings. The van der Waals surface area contributed by atoms with Crippen molar-refractivity contribution in [3.05, 3.63) is 17.7 Å². The number of rotatable bonds is 4. The molecule has 18 heavy (non-hydrogen) atoms. The summed E-state index contributed by atoms with van der Waals surface area (Å²) < 4.78 is 10.9. The van der Waals surface area contributed by atoms with Gasteiger partial charge in [-0.3, -0.25) is 9.59 Å². The number of hydrogen-bond donors (Lipinski definition) is 1. The van der Waals surface area contributed by atoms with Gasteiger partial charge in [0.1, 0.15) is 0 Å². The Morgan fingerprint density at radius 1 is 1.11 bits per heavy atom. The number of Topliss-reactive ketones (excluding diaryl/α,β-unsaturated/α-hetero) is 1. The minimum absolute atomic E-state index is 0.105. The molecule has 1 heterocycles. The zero-order valence-electron chi connectivity index (χ0n) is 10.4. The average Bonchev–Trinajstić information content (AvgIpc) is 2.33. The van der Waals surface area contributed by atoms with Gasteiger partial charge in [-0.25, -0.2) is 0 Å². The fraction of sp³-hybridized carbons (Fsp3) is 0.385. The Kier molecular flexibility index (Phi) is 3.50. The number of carbonyl (C=O) groups is 2. The minimum atomic E-state index is -0.575. The van der Waals surface area contributed by atoms with Gasteiger partial charge in [-0.2, -0.15) is 0 Å². The smallest absolute Gasteiger partial charge is 0.292 e. The largest absolute Gasteiger partial charge is 0.490 e. The van der Waals surface area contributed by atoms with Crippen molar-refractivity contribution in [2.75, 3.05) is 18.5 Å². The number of ether oxygens (including phenoxy) is 2. The van der Waals surface area contributed by atoms with E-state index in [4.69, 9.17) is 9.47 Å². The summed E-state index contributed by atoms with van der Waals surface area (Å²) in [5.74, 6) is 0.165. The van der Waals surface area contributed by atoms with Gasteiger partial charge in [0.2, 0.25) is 5.78 Å². The number of hydrogen-bond acceptors (Lipinski definition) is 4. The Labute approximate surface area is 105 Å². The third-order valence-corrected chi connectivity index (χ3v) is 2.62. The molecule has 2 rings (SSSR count). The Bertz CT molecular complexity index is 451. The van der Waals surface area contributed by atoms with Gasteiger partial charge in [-0.15, -0.1) is 0 Å². The van der Waals surface area contributed by atoms with Crippen LogP contribution in [-0.2, 0) is 16.0 Å². The topological polar surface area (TPSA) is 64.6 Å². The molecule has 5 heteroatoms. The standard InChI is InChI=1S/C13H15NO4/c1-3-17-11-6-8-5-10(15)13(16)14-9(8)7-12(11)18-4-2/h6-7H,3-5H2,1-2H3,(H,14,16). The SMILES string of the molecule is CCOc1cc2c(cc1OCC)NC(=O)C(=O)C2. The van der Waals surface area contributed by atoms with E-state index in [9.17, 15) is 9.59 Å². The molecular weight excluding hydrogens is 234 g/mol. The zero-order chi connectivity index (χ0) is 13.1. The maximum Gasteiger partial charge on any atom is 0.292 e. The Balaban J connectivity index is 2.41. The Hall–Kier alpha value is -2.04. The summed E-state index contributed by atoms with van der Waals surface area (Å²) in [5, 5.41) is 2.55. The third kappa shape index (κ3) is 2.30. The van der Waals surface area contributed by atoms with Crippen molar-refractivity contribution < 1.29 is 19.1 Å². The Morgan fingerprint density at radius 3 is 2.33 bits per heavy atom. The molecule has 1 aromatic carbocycles. The number of benzene rings is 1. The maximum absolute atomic E-state index is 11.4. The summed E-state index contributed by atoms with van der Waals surface area (Å²) in [4.78, 5) is 22.7. The highest BCUT2D eigenvalue weighted by Gasteiger charge is 2.25. The summed E-state index contributed by atoms with van der Waals surface area (Å²) in [6.07, 6.45) is 0.105. The van der Waals surface area contributed by atoms with Gasteiger partial charge in [0.15, 0.2) is 11.5 Å². The highest BCUT2D eigenvalue weighted by molar-refractivity contribution is 6.42. The molecule has 1 amide bonds. The molecule has 0 spiro atoms. The van der Waals surface area contributed by atoms with Crippen LogP contribution < -0.4 is 14.8 Å². The molecule has 0 bridgehead atoms. The van der Waals surface area contributed by atoms with Crippen molar-refractivity contribution in [3.8, 4) is 11.5 Å². The maximum atomic E-state index is 11.4. The van der Waals surface area contributed by atoms with Crippen LogP contribution in [0.25, 0.3) is 0 Å². The van der Waals surface area contributed by atoms with Gasteiger partial charge in [0.05, 0.1) is 13.2 Å². The lowest BCUT2D eigenvalue weighted by Crippen LogP contribution is -2.29. The molecule has 1 N–H and O–H groups in total. The summed E-state index contributed by atoms with van der Waals surface area (Å²) >= 11 is 0. The van der Waals surface area contributed by atoms with Crippen LogP contribution in [-0.4, -0.2) is 24.9 Å². The molecule has 0 aromatic heterocycles. The van der Waals surface area contributed by atoms with E-state index in [-0.39, 0.29) is 6.42 Å². The van der Waals surface area contributed by atoms with E-state index in [1.54, 1.807) is 12.1 Å². The average molecular weight is 249 g/mol. The summed E-state index contributed by atoms with van der Waals surface area (Å²) in [5.41, 5.74) is 1.37. The molecule has 96 valence electrons. The number of amides is 1. The molecule has 0 saturated heterocycles. The molecule has 0 saturated carbocycles. The number of carbonyl (C=O) groups excluding carboxylic acids is 2. The van der Waals surface area contributed by atoms with Gasteiger partial charge in [0, 0.05) is 18.2 Å². The van der Waals surface area contributed by atoms with Crippen molar-refractivity contribution in [2.45, 2.75) is 20.3 Å². The van der Waals surface area contributed by atoms with Crippen LogP contribution in [0.4, 0.5) is 5.69 Å². The van der Waals surface area contributed by atoms with E-state index in [1.807, 2.05) is 13.8 Å². The summed E-state index contributed by atoms with van der Waals surface area (Å²) in [7, 11) is 0. The van der Waals surface area contributed by atoms with E-state index >= 15 is 0 Å². The van der Waals surface area contributed by atoms with Crippen LogP contribution in [0.1, 0.15) is 19.4 Å². The predicted molar refractivity (Wildman–Crippen MR) is 66.1 cm³/mol. The minimum Gasteiger partial charge on any atom is -0.490 e. The predicted octanol–water partition coefficient (Wildman–Crippen LogP) is 1.55. The lowest BCUT2D eigenvalue weighted by molar-refractivity contribution is -0.134. The van der Waals surface area contributed by atoms with E-state index in [0.29, 0.717) is 30.4 Å². The molecule has 0 radical (unpaired) electrons. The molecule has 0 unspecified atom stereocenters. The van der Waals surface area contributed by atoms with Crippen molar-refractivity contribution in [1.29, 1.82) is 0 Å². The van der Waals surface area contributed by atoms with E-state index in [0.717, 1.165) is 5.56 Å². The van der Waals surface area contributed by atoms with Gasteiger partial charge in [-0.1, -0.05) is 0 Å². The van der Waals surface area contributed by atoms with Crippen molar-refractivity contribution in [3.63, 3.8) is 0 Å². The van der Waals surface area contributed by atoms with Crippen LogP contribution in [0, 0.1) is 0 Å². The van der Waals surface area contributed by atoms with Crippen LogP contribution in [0.2, 0.25) is 0 Å². The molecular formula is C13H15NO4. The van der Waals surface area contributed by atoms with Gasteiger partial charge < -0.3 is 14.8 Å². The van der Waals surface area contributed by atoms with E-state index in [1.165, 1.54) is 0 Å². The molecule has 1 aromatic rings. The van der Waals surface area contributed by atoms with E-state index in [2.05, 4.69) is 5.32 Å². The lowest BCUT2D eigenvalue weighted by Gasteiger charge is -2.19. The van der Waals surface area contributed by atoms with E-state index < -0.39 is 11.7 Å². The number of nitrogens with one attached hydrogen (secondary N) is 1. The number of ketones is 1. The molecule has 0 atom stereocenters. The molecule has 5 nitrogen and oxygen atoms in total. The van der Waals surface area contributed by atoms with Crippen LogP contribution in [0.15, 0.2) is 12.1 Å². The first-order valence-corrected chi connectivity index (χ1v) is 5.92. The van der Waals surface area contributed by atoms with Gasteiger partial charge in [0.25, 0.3) is 5.91 Å². The zero-order valence-corrected chi connectivity index (χ0v) is 10.4. The summed E-state index contributed by atoms with van der Waals surface area (Å²) in [6, 6.07) is 3.45. The normalized spacial score (nSPS) is 13.9. The number of fused-ring (bicyclic) bond motifs is 1. The quantitative estimate of drug-likeness (QED) is 0.822. The van der Waals surface area contributed by atoms with Gasteiger partial charge >= 0.3 is 0 Å². The molecule has 0 aliphatic carbocycles.